The van der Waals surface area contributed by atoms with Gasteiger partial charge in [0.15, 0.2) is 0 Å². The highest BCUT2D eigenvalue weighted by molar-refractivity contribution is 5.69. The van der Waals surface area contributed by atoms with Gasteiger partial charge in [-0.1, -0.05) is 51.4 Å². The molecule has 94 valence electrons. The fraction of sp³-hybridized carbons (Fsp3) is 0.929. The molecule has 0 atom stereocenters. The first-order chi connectivity index (χ1) is 7.83. The molecule has 1 aliphatic rings. The Morgan fingerprint density at radius 3 is 2.56 bits per heavy atom. The Bertz CT molecular complexity index is 183. The Morgan fingerprint density at radius 2 is 1.88 bits per heavy atom. The van der Waals surface area contributed by atoms with Gasteiger partial charge < -0.3 is 4.74 Å². The molecule has 0 saturated heterocycles. The van der Waals surface area contributed by atoms with E-state index in [1.165, 1.54) is 51.4 Å². The lowest BCUT2D eigenvalue weighted by Crippen LogP contribution is -2.06. The summed E-state index contributed by atoms with van der Waals surface area (Å²) in [5.74, 6) is 0.955. The zero-order valence-corrected chi connectivity index (χ0v) is 10.7. The van der Waals surface area contributed by atoms with E-state index in [2.05, 4.69) is 0 Å². The molecule has 0 aromatic heterocycles. The number of esters is 1. The van der Waals surface area contributed by atoms with Crippen molar-refractivity contribution in [2.24, 2.45) is 5.92 Å². The summed E-state index contributed by atoms with van der Waals surface area (Å²) in [6.07, 6.45) is 12.7. The maximum atomic E-state index is 11.1. The van der Waals surface area contributed by atoms with Gasteiger partial charge in [-0.15, -0.1) is 0 Å². The summed E-state index contributed by atoms with van der Waals surface area (Å²) in [4.78, 5) is 11.1. The molecule has 1 aliphatic carbocycles. The molecule has 0 unspecified atom stereocenters. The minimum Gasteiger partial charge on any atom is -0.466 e. The van der Waals surface area contributed by atoms with Crippen molar-refractivity contribution in [1.29, 1.82) is 0 Å². The average Bonchev–Trinajstić information content (AvgIpc) is 2.30. The van der Waals surface area contributed by atoms with Gasteiger partial charge >= 0.3 is 5.97 Å². The van der Waals surface area contributed by atoms with Crippen LogP contribution in [0.1, 0.15) is 71.1 Å². The number of unbranched alkanes of at least 4 members (excludes halogenated alkanes) is 2. The molecule has 0 spiro atoms. The van der Waals surface area contributed by atoms with E-state index < -0.39 is 0 Å². The fourth-order valence-electron chi connectivity index (χ4n) is 2.59. The van der Waals surface area contributed by atoms with E-state index in [1.807, 2.05) is 6.92 Å². The highest BCUT2D eigenvalue weighted by Gasteiger charge is 2.12. The van der Waals surface area contributed by atoms with Gasteiger partial charge in [0.25, 0.3) is 0 Å². The van der Waals surface area contributed by atoms with E-state index in [0.717, 1.165) is 12.3 Å². The summed E-state index contributed by atoms with van der Waals surface area (Å²) in [6, 6.07) is 0. The van der Waals surface area contributed by atoms with Crippen LogP contribution in [0.25, 0.3) is 0 Å². The van der Waals surface area contributed by atoms with E-state index in [0.29, 0.717) is 13.0 Å². The lowest BCUT2D eigenvalue weighted by molar-refractivity contribution is -0.143. The van der Waals surface area contributed by atoms with Crippen LogP contribution in [0, 0.1) is 5.92 Å². The van der Waals surface area contributed by atoms with Crippen LogP contribution in [-0.2, 0) is 9.53 Å². The smallest absolute Gasteiger partial charge is 0.305 e. The number of hydrogen-bond acceptors (Lipinski definition) is 2. The van der Waals surface area contributed by atoms with Crippen molar-refractivity contribution < 1.29 is 9.53 Å². The summed E-state index contributed by atoms with van der Waals surface area (Å²) in [5.41, 5.74) is 0. The van der Waals surface area contributed by atoms with Crippen LogP contribution in [0.15, 0.2) is 0 Å². The number of carbonyl (C=O) groups is 1. The number of hydrogen-bond donors (Lipinski definition) is 0. The number of carbonyl (C=O) groups excluding carboxylic acids is 1. The molecule has 0 heterocycles. The van der Waals surface area contributed by atoms with E-state index in [-0.39, 0.29) is 5.97 Å². The minimum absolute atomic E-state index is 0.0276. The first-order valence-corrected chi connectivity index (χ1v) is 6.98. The van der Waals surface area contributed by atoms with E-state index >= 15 is 0 Å². The maximum Gasteiger partial charge on any atom is 0.305 e. The standard InChI is InChI=1S/C14H26O2/c1-2-16-14(15)12-8-4-7-11-13-9-5-3-6-10-13/h13H,2-12H2,1H3. The van der Waals surface area contributed by atoms with Crippen LogP contribution >= 0.6 is 0 Å². The highest BCUT2D eigenvalue weighted by Crippen LogP contribution is 2.27. The minimum atomic E-state index is -0.0276. The first-order valence-electron chi connectivity index (χ1n) is 6.98. The van der Waals surface area contributed by atoms with Crippen molar-refractivity contribution in [3.05, 3.63) is 0 Å². The lowest BCUT2D eigenvalue weighted by Gasteiger charge is -2.21. The van der Waals surface area contributed by atoms with Crippen molar-refractivity contribution >= 4 is 5.97 Å². The van der Waals surface area contributed by atoms with Gasteiger partial charge in [0.2, 0.25) is 0 Å². The molecule has 0 aromatic carbocycles. The van der Waals surface area contributed by atoms with Crippen molar-refractivity contribution in [3.8, 4) is 0 Å². The second-order valence-electron chi connectivity index (χ2n) is 4.91. The summed E-state index contributed by atoms with van der Waals surface area (Å²) in [5, 5.41) is 0. The van der Waals surface area contributed by atoms with Gasteiger partial charge in [0.1, 0.15) is 0 Å². The molecule has 0 aliphatic heterocycles. The van der Waals surface area contributed by atoms with Crippen molar-refractivity contribution in [1.82, 2.24) is 0 Å². The van der Waals surface area contributed by atoms with Gasteiger partial charge in [-0.25, -0.2) is 0 Å². The third-order valence-electron chi connectivity index (χ3n) is 3.52. The molecule has 1 saturated carbocycles. The van der Waals surface area contributed by atoms with Crippen LogP contribution in [0.5, 0.6) is 0 Å². The number of ether oxygens (including phenoxy) is 1. The quantitative estimate of drug-likeness (QED) is 0.483. The van der Waals surface area contributed by atoms with Gasteiger partial charge in [-0.2, -0.15) is 0 Å². The Balaban J connectivity index is 1.89. The Hall–Kier alpha value is -0.530. The topological polar surface area (TPSA) is 26.3 Å². The third-order valence-corrected chi connectivity index (χ3v) is 3.52. The second-order valence-corrected chi connectivity index (χ2v) is 4.91. The monoisotopic (exact) mass is 226 g/mol. The molecule has 2 nitrogen and oxygen atoms in total. The first kappa shape index (κ1) is 13.5. The predicted molar refractivity (Wildman–Crippen MR) is 66.3 cm³/mol. The molecule has 0 aromatic rings. The Kier molecular flexibility index (Phi) is 7.28. The van der Waals surface area contributed by atoms with Crippen LogP contribution in [0.4, 0.5) is 0 Å². The van der Waals surface area contributed by atoms with Gasteiger partial charge in [-0.05, 0) is 19.3 Å². The SMILES string of the molecule is CCOC(=O)CCCCCC1CCCCC1. The Labute approximate surface area is 99.8 Å². The molecule has 16 heavy (non-hydrogen) atoms. The van der Waals surface area contributed by atoms with Crippen molar-refractivity contribution in [2.45, 2.75) is 71.1 Å². The van der Waals surface area contributed by atoms with Gasteiger partial charge in [0, 0.05) is 6.42 Å². The molecule has 2 heteroatoms. The largest absolute Gasteiger partial charge is 0.466 e. The van der Waals surface area contributed by atoms with Crippen molar-refractivity contribution in [3.63, 3.8) is 0 Å². The van der Waals surface area contributed by atoms with Gasteiger partial charge in [-0.3, -0.25) is 4.79 Å². The summed E-state index contributed by atoms with van der Waals surface area (Å²) >= 11 is 0. The Morgan fingerprint density at radius 1 is 1.12 bits per heavy atom. The molecule has 0 radical (unpaired) electrons. The van der Waals surface area contributed by atoms with Crippen LogP contribution in [0.2, 0.25) is 0 Å². The predicted octanol–water partition coefficient (Wildman–Crippen LogP) is 4.08. The maximum absolute atomic E-state index is 11.1. The summed E-state index contributed by atoms with van der Waals surface area (Å²) < 4.78 is 4.90. The zero-order chi connectivity index (χ0) is 11.6. The molecule has 0 amide bonds. The molecular formula is C14H26O2. The normalized spacial score (nSPS) is 17.3. The van der Waals surface area contributed by atoms with Gasteiger partial charge in [0.05, 0.1) is 6.61 Å². The molecular weight excluding hydrogens is 200 g/mol. The summed E-state index contributed by atoms with van der Waals surface area (Å²) in [7, 11) is 0. The van der Waals surface area contributed by atoms with Crippen LogP contribution < -0.4 is 0 Å². The molecule has 0 N–H and O–H groups in total. The number of rotatable bonds is 7. The molecule has 1 fully saturated rings. The van der Waals surface area contributed by atoms with Crippen molar-refractivity contribution in [2.75, 3.05) is 6.61 Å². The average molecular weight is 226 g/mol. The van der Waals surface area contributed by atoms with E-state index in [4.69, 9.17) is 4.74 Å². The second kappa shape index (κ2) is 8.60. The summed E-state index contributed by atoms with van der Waals surface area (Å²) in [6.45, 7) is 2.38. The fourth-order valence-corrected chi connectivity index (χ4v) is 2.59. The molecule has 1 rings (SSSR count). The van der Waals surface area contributed by atoms with Crippen LogP contribution in [-0.4, -0.2) is 12.6 Å². The zero-order valence-electron chi connectivity index (χ0n) is 10.7. The third kappa shape index (κ3) is 6.14. The molecule has 0 bridgehead atoms. The lowest BCUT2D eigenvalue weighted by atomic mass is 9.85. The van der Waals surface area contributed by atoms with E-state index in [1.54, 1.807) is 0 Å². The van der Waals surface area contributed by atoms with Crippen LogP contribution in [0.3, 0.4) is 0 Å². The van der Waals surface area contributed by atoms with E-state index in [9.17, 15) is 4.79 Å². The highest BCUT2D eigenvalue weighted by atomic mass is 16.5.